The van der Waals surface area contributed by atoms with Crippen LogP contribution < -0.4 is 4.72 Å². The lowest BCUT2D eigenvalue weighted by atomic mass is 10.1. The van der Waals surface area contributed by atoms with Crippen molar-refractivity contribution in [1.82, 2.24) is 10.1 Å². The summed E-state index contributed by atoms with van der Waals surface area (Å²) in [6.07, 6.45) is 1.19. The summed E-state index contributed by atoms with van der Waals surface area (Å²) in [6, 6.07) is 3.77. The van der Waals surface area contributed by atoms with E-state index in [1.165, 1.54) is 18.3 Å². The molecule has 6 nitrogen and oxygen atoms in total. The largest absolute Gasteiger partial charge is 0.338 e. The van der Waals surface area contributed by atoms with Gasteiger partial charge in [0.05, 0.1) is 5.69 Å². The quantitative estimate of drug-likeness (QED) is 0.930. The first kappa shape index (κ1) is 13.5. The van der Waals surface area contributed by atoms with Crippen LogP contribution in [0.5, 0.6) is 0 Å². The SMILES string of the molecule is CC(C)c1cc(NS(=O)(=O)c2ncccc2F)on1. The van der Waals surface area contributed by atoms with E-state index in [1.54, 1.807) is 0 Å². The van der Waals surface area contributed by atoms with Crippen molar-refractivity contribution in [3.8, 4) is 0 Å². The third kappa shape index (κ3) is 2.90. The summed E-state index contributed by atoms with van der Waals surface area (Å²) in [7, 11) is -4.13. The van der Waals surface area contributed by atoms with E-state index in [4.69, 9.17) is 4.52 Å². The number of halogens is 1. The molecule has 2 aromatic rings. The number of nitrogens with zero attached hydrogens (tertiary/aromatic N) is 2. The van der Waals surface area contributed by atoms with Gasteiger partial charge >= 0.3 is 0 Å². The van der Waals surface area contributed by atoms with Gasteiger partial charge in [-0.2, -0.15) is 8.42 Å². The van der Waals surface area contributed by atoms with Crippen LogP contribution in [0.1, 0.15) is 25.5 Å². The van der Waals surface area contributed by atoms with Crippen molar-refractivity contribution in [2.45, 2.75) is 24.8 Å². The van der Waals surface area contributed by atoms with Crippen LogP contribution in [-0.4, -0.2) is 18.6 Å². The van der Waals surface area contributed by atoms with E-state index in [-0.39, 0.29) is 11.8 Å². The van der Waals surface area contributed by atoms with Gasteiger partial charge in [0.2, 0.25) is 10.9 Å². The third-order valence-corrected chi connectivity index (χ3v) is 3.61. The van der Waals surface area contributed by atoms with Crippen molar-refractivity contribution >= 4 is 15.9 Å². The lowest BCUT2D eigenvalue weighted by Gasteiger charge is -2.03. The highest BCUT2D eigenvalue weighted by molar-refractivity contribution is 7.92. The normalized spacial score (nSPS) is 11.8. The molecule has 0 amide bonds. The van der Waals surface area contributed by atoms with Gasteiger partial charge in [-0.05, 0) is 18.1 Å². The van der Waals surface area contributed by atoms with Crippen molar-refractivity contribution in [2.24, 2.45) is 0 Å². The summed E-state index contributed by atoms with van der Waals surface area (Å²) in [4.78, 5) is 3.50. The van der Waals surface area contributed by atoms with Gasteiger partial charge in [-0.3, -0.25) is 0 Å². The number of sulfonamides is 1. The fourth-order valence-corrected chi connectivity index (χ4v) is 2.34. The molecule has 0 spiro atoms. The van der Waals surface area contributed by atoms with Crippen LogP contribution in [0.2, 0.25) is 0 Å². The Morgan fingerprint density at radius 3 is 2.74 bits per heavy atom. The highest BCUT2D eigenvalue weighted by Crippen LogP contribution is 2.20. The van der Waals surface area contributed by atoms with Gasteiger partial charge in [-0.1, -0.05) is 19.0 Å². The number of anilines is 1. The molecule has 0 aliphatic carbocycles. The lowest BCUT2D eigenvalue weighted by Crippen LogP contribution is -2.15. The van der Waals surface area contributed by atoms with E-state index in [9.17, 15) is 12.8 Å². The Kier molecular flexibility index (Phi) is 3.52. The summed E-state index contributed by atoms with van der Waals surface area (Å²) in [5, 5.41) is 3.02. The zero-order chi connectivity index (χ0) is 14.0. The minimum absolute atomic E-state index is 0.0752. The van der Waals surface area contributed by atoms with Gasteiger partial charge in [0.15, 0.2) is 5.82 Å². The van der Waals surface area contributed by atoms with E-state index in [0.717, 1.165) is 6.07 Å². The Hall–Kier alpha value is -1.96. The van der Waals surface area contributed by atoms with Gasteiger partial charge in [0, 0.05) is 12.3 Å². The van der Waals surface area contributed by atoms with Crippen LogP contribution in [-0.2, 0) is 10.0 Å². The van der Waals surface area contributed by atoms with Gasteiger partial charge < -0.3 is 4.52 Å². The molecule has 102 valence electrons. The summed E-state index contributed by atoms with van der Waals surface area (Å²) >= 11 is 0. The van der Waals surface area contributed by atoms with Crippen molar-refractivity contribution < 1.29 is 17.3 Å². The molecule has 0 unspecified atom stereocenters. The Labute approximate surface area is 109 Å². The van der Waals surface area contributed by atoms with Gasteiger partial charge in [0.1, 0.15) is 0 Å². The highest BCUT2D eigenvalue weighted by atomic mass is 32.2. The van der Waals surface area contributed by atoms with E-state index < -0.39 is 20.9 Å². The number of pyridine rings is 1. The molecule has 0 saturated carbocycles. The maximum atomic E-state index is 13.4. The zero-order valence-electron chi connectivity index (χ0n) is 10.3. The highest BCUT2D eigenvalue weighted by Gasteiger charge is 2.22. The second-order valence-electron chi connectivity index (χ2n) is 4.17. The average molecular weight is 285 g/mol. The van der Waals surface area contributed by atoms with Crippen molar-refractivity contribution in [3.05, 3.63) is 35.9 Å². The first-order valence-corrected chi connectivity index (χ1v) is 6.98. The first-order chi connectivity index (χ1) is 8.90. The van der Waals surface area contributed by atoms with Crippen LogP contribution >= 0.6 is 0 Å². The molecule has 0 radical (unpaired) electrons. The molecule has 0 saturated heterocycles. The molecular formula is C11H12FN3O3S. The summed E-state index contributed by atoms with van der Waals surface area (Å²) in [5.74, 6) is -0.916. The molecule has 0 atom stereocenters. The Morgan fingerprint density at radius 2 is 2.16 bits per heavy atom. The molecule has 0 fully saturated rings. The minimum Gasteiger partial charge on any atom is -0.338 e. The van der Waals surface area contributed by atoms with Crippen molar-refractivity contribution in [2.75, 3.05) is 4.72 Å². The zero-order valence-corrected chi connectivity index (χ0v) is 11.1. The number of hydrogen-bond donors (Lipinski definition) is 1. The molecule has 8 heteroatoms. The molecule has 1 N–H and O–H groups in total. The summed E-state index contributed by atoms with van der Waals surface area (Å²) < 4.78 is 44.1. The number of hydrogen-bond acceptors (Lipinski definition) is 5. The Bertz CT molecular complexity index is 682. The maximum Gasteiger partial charge on any atom is 0.284 e. The Morgan fingerprint density at radius 1 is 1.42 bits per heavy atom. The summed E-state index contributed by atoms with van der Waals surface area (Å²) in [6.45, 7) is 3.77. The topological polar surface area (TPSA) is 85.1 Å². The van der Waals surface area contributed by atoms with E-state index in [1.807, 2.05) is 13.8 Å². The average Bonchev–Trinajstić information content (AvgIpc) is 2.77. The number of aromatic nitrogens is 2. The maximum absolute atomic E-state index is 13.4. The van der Waals surface area contributed by atoms with Crippen LogP contribution in [0.4, 0.5) is 10.3 Å². The molecule has 19 heavy (non-hydrogen) atoms. The van der Waals surface area contributed by atoms with Gasteiger partial charge in [-0.25, -0.2) is 14.1 Å². The van der Waals surface area contributed by atoms with Crippen LogP contribution in [0.3, 0.4) is 0 Å². The standard InChI is InChI=1S/C11H12FN3O3S/c1-7(2)9-6-10(18-14-9)15-19(16,17)11-8(12)4-3-5-13-11/h3-7,15H,1-2H3. The minimum atomic E-state index is -4.13. The van der Waals surface area contributed by atoms with E-state index >= 15 is 0 Å². The van der Waals surface area contributed by atoms with Gasteiger partial charge in [0.25, 0.3) is 10.0 Å². The second-order valence-corrected chi connectivity index (χ2v) is 5.76. The Balaban J connectivity index is 2.29. The van der Waals surface area contributed by atoms with Gasteiger partial charge in [-0.15, -0.1) is 0 Å². The molecule has 0 bridgehead atoms. The molecule has 0 aliphatic heterocycles. The molecule has 2 rings (SSSR count). The van der Waals surface area contributed by atoms with Crippen molar-refractivity contribution in [3.63, 3.8) is 0 Å². The second kappa shape index (κ2) is 4.96. The molecule has 2 aromatic heterocycles. The summed E-state index contributed by atoms with van der Waals surface area (Å²) in [5.41, 5.74) is 0.596. The first-order valence-electron chi connectivity index (χ1n) is 5.50. The molecule has 0 aromatic carbocycles. The lowest BCUT2D eigenvalue weighted by molar-refractivity contribution is 0.423. The predicted octanol–water partition coefficient (Wildman–Crippen LogP) is 2.13. The number of rotatable bonds is 4. The number of nitrogens with one attached hydrogen (secondary N) is 1. The molecule has 2 heterocycles. The molecular weight excluding hydrogens is 273 g/mol. The monoisotopic (exact) mass is 285 g/mol. The van der Waals surface area contributed by atoms with Crippen LogP contribution in [0.15, 0.2) is 33.9 Å². The fraction of sp³-hybridized carbons (Fsp3) is 0.273. The smallest absolute Gasteiger partial charge is 0.284 e. The third-order valence-electron chi connectivity index (χ3n) is 2.33. The predicted molar refractivity (Wildman–Crippen MR) is 65.6 cm³/mol. The van der Waals surface area contributed by atoms with Crippen LogP contribution in [0.25, 0.3) is 0 Å². The molecule has 0 aliphatic rings. The van der Waals surface area contributed by atoms with E-state index in [0.29, 0.717) is 5.69 Å². The van der Waals surface area contributed by atoms with E-state index in [2.05, 4.69) is 14.9 Å². The van der Waals surface area contributed by atoms with Crippen molar-refractivity contribution in [1.29, 1.82) is 0 Å². The van der Waals surface area contributed by atoms with Crippen LogP contribution in [0, 0.1) is 5.82 Å². The fourth-order valence-electron chi connectivity index (χ4n) is 1.36.